The van der Waals surface area contributed by atoms with Gasteiger partial charge in [-0.3, -0.25) is 4.79 Å². The summed E-state index contributed by atoms with van der Waals surface area (Å²) in [6, 6.07) is 7.50. The first-order valence-electron chi connectivity index (χ1n) is 5.75. The van der Waals surface area contributed by atoms with Gasteiger partial charge in [-0.1, -0.05) is 0 Å². The Morgan fingerprint density at radius 1 is 1.28 bits per heavy atom. The summed E-state index contributed by atoms with van der Waals surface area (Å²) >= 11 is 0. The molecule has 0 spiro atoms. The Morgan fingerprint density at radius 3 is 2.44 bits per heavy atom. The second-order valence-corrected chi connectivity index (χ2v) is 3.92. The molecular formula is C14H14FNO2. The van der Waals surface area contributed by atoms with Gasteiger partial charge in [0.1, 0.15) is 11.6 Å². The quantitative estimate of drug-likeness (QED) is 0.833. The summed E-state index contributed by atoms with van der Waals surface area (Å²) in [5.41, 5.74) is 1.20. The Hall–Kier alpha value is -2.10. The zero-order chi connectivity index (χ0) is 13.1. The zero-order valence-corrected chi connectivity index (χ0v) is 10.3. The first-order chi connectivity index (χ1) is 8.63. The number of anilines is 1. The third kappa shape index (κ3) is 2.27. The second kappa shape index (κ2) is 5.04. The molecule has 0 unspecified atom stereocenters. The van der Waals surface area contributed by atoms with Crippen molar-refractivity contribution in [2.75, 3.05) is 11.4 Å². The average Bonchev–Trinajstić information content (AvgIpc) is 2.78. The lowest BCUT2D eigenvalue weighted by Gasteiger charge is -2.20. The number of hydrogen-bond acceptors (Lipinski definition) is 2. The van der Waals surface area contributed by atoms with E-state index in [2.05, 4.69) is 0 Å². The van der Waals surface area contributed by atoms with Crippen LogP contribution in [0.3, 0.4) is 0 Å². The van der Waals surface area contributed by atoms with Crippen molar-refractivity contribution in [2.24, 2.45) is 0 Å². The molecule has 0 saturated heterocycles. The van der Waals surface area contributed by atoms with Gasteiger partial charge < -0.3 is 9.32 Å². The van der Waals surface area contributed by atoms with E-state index in [9.17, 15) is 9.18 Å². The Balaban J connectivity index is 2.32. The highest BCUT2D eigenvalue weighted by atomic mass is 19.1. The van der Waals surface area contributed by atoms with Crippen LogP contribution in [0, 0.1) is 12.7 Å². The monoisotopic (exact) mass is 247 g/mol. The Bertz CT molecular complexity index is 545. The fourth-order valence-corrected chi connectivity index (χ4v) is 1.82. The van der Waals surface area contributed by atoms with Crippen molar-refractivity contribution >= 4 is 11.6 Å². The van der Waals surface area contributed by atoms with Crippen LogP contribution in [0.1, 0.15) is 23.0 Å². The Labute approximate surface area is 105 Å². The van der Waals surface area contributed by atoms with Crippen molar-refractivity contribution in [3.63, 3.8) is 0 Å². The van der Waals surface area contributed by atoms with Crippen LogP contribution >= 0.6 is 0 Å². The van der Waals surface area contributed by atoms with Crippen molar-refractivity contribution in [1.29, 1.82) is 0 Å². The van der Waals surface area contributed by atoms with Crippen LogP contribution < -0.4 is 4.90 Å². The number of halogens is 1. The van der Waals surface area contributed by atoms with Crippen LogP contribution in [0.5, 0.6) is 0 Å². The molecule has 1 aromatic carbocycles. The molecule has 0 aliphatic heterocycles. The summed E-state index contributed by atoms with van der Waals surface area (Å²) in [5, 5.41) is 0. The van der Waals surface area contributed by atoms with Gasteiger partial charge in [0.15, 0.2) is 0 Å². The molecule has 1 aromatic heterocycles. The lowest BCUT2D eigenvalue weighted by Crippen LogP contribution is -2.30. The zero-order valence-electron chi connectivity index (χ0n) is 10.3. The minimum Gasteiger partial charge on any atom is -0.469 e. The van der Waals surface area contributed by atoms with E-state index in [1.807, 2.05) is 6.92 Å². The van der Waals surface area contributed by atoms with Gasteiger partial charge in [-0.15, -0.1) is 0 Å². The number of benzene rings is 1. The molecule has 0 bridgehead atoms. The van der Waals surface area contributed by atoms with E-state index < -0.39 is 0 Å². The van der Waals surface area contributed by atoms with E-state index in [1.54, 1.807) is 30.0 Å². The summed E-state index contributed by atoms with van der Waals surface area (Å²) in [4.78, 5) is 13.9. The van der Waals surface area contributed by atoms with Crippen LogP contribution in [0.2, 0.25) is 0 Å². The molecule has 3 nitrogen and oxygen atoms in total. The number of rotatable bonds is 3. The van der Waals surface area contributed by atoms with Crippen LogP contribution in [0.15, 0.2) is 41.0 Å². The summed E-state index contributed by atoms with van der Waals surface area (Å²) in [7, 11) is 0. The molecule has 0 radical (unpaired) electrons. The highest BCUT2D eigenvalue weighted by molar-refractivity contribution is 6.06. The number of amides is 1. The molecule has 0 N–H and O–H groups in total. The molecule has 94 valence electrons. The maximum Gasteiger partial charge on any atom is 0.261 e. The van der Waals surface area contributed by atoms with Gasteiger partial charge in [0, 0.05) is 12.2 Å². The third-order valence-corrected chi connectivity index (χ3v) is 2.79. The highest BCUT2D eigenvalue weighted by Crippen LogP contribution is 2.19. The van der Waals surface area contributed by atoms with Crippen molar-refractivity contribution in [2.45, 2.75) is 13.8 Å². The summed E-state index contributed by atoms with van der Waals surface area (Å²) in [6.07, 6.45) is 1.49. The van der Waals surface area contributed by atoms with E-state index in [1.165, 1.54) is 18.4 Å². The van der Waals surface area contributed by atoms with E-state index in [0.29, 0.717) is 23.6 Å². The summed E-state index contributed by atoms with van der Waals surface area (Å²) < 4.78 is 18.0. The fourth-order valence-electron chi connectivity index (χ4n) is 1.82. The second-order valence-electron chi connectivity index (χ2n) is 3.92. The fraction of sp³-hybridized carbons (Fsp3) is 0.214. The van der Waals surface area contributed by atoms with Crippen molar-refractivity contribution < 1.29 is 13.6 Å². The number of aryl methyl sites for hydroxylation is 1. The molecule has 0 atom stereocenters. The van der Waals surface area contributed by atoms with Gasteiger partial charge in [0.25, 0.3) is 5.91 Å². The number of nitrogens with zero attached hydrogens (tertiary/aromatic N) is 1. The smallest absolute Gasteiger partial charge is 0.261 e. The number of hydrogen-bond donors (Lipinski definition) is 0. The standard InChI is InChI=1S/C14H14FNO2/c1-3-16(12-6-4-11(15)5-7-12)14(17)13-8-9-18-10(13)2/h4-9H,3H2,1-2H3. The molecule has 2 rings (SSSR count). The number of carbonyl (C=O) groups excluding carboxylic acids is 1. The Morgan fingerprint density at radius 2 is 1.94 bits per heavy atom. The summed E-state index contributed by atoms with van der Waals surface area (Å²) in [6.45, 7) is 4.12. The molecule has 4 heteroatoms. The molecule has 1 amide bonds. The highest BCUT2D eigenvalue weighted by Gasteiger charge is 2.19. The van der Waals surface area contributed by atoms with Gasteiger partial charge in [-0.25, -0.2) is 4.39 Å². The maximum absolute atomic E-state index is 12.9. The van der Waals surface area contributed by atoms with Crippen LogP contribution in [0.4, 0.5) is 10.1 Å². The molecule has 1 heterocycles. The molecule has 0 aliphatic carbocycles. The van der Waals surface area contributed by atoms with Gasteiger partial charge >= 0.3 is 0 Å². The lowest BCUT2D eigenvalue weighted by atomic mass is 10.2. The predicted octanol–water partition coefficient (Wildman–Crippen LogP) is 3.39. The first-order valence-corrected chi connectivity index (χ1v) is 5.75. The van der Waals surface area contributed by atoms with Gasteiger partial charge in [0.2, 0.25) is 0 Å². The minimum atomic E-state index is -0.318. The lowest BCUT2D eigenvalue weighted by molar-refractivity contribution is 0.0987. The van der Waals surface area contributed by atoms with Crippen molar-refractivity contribution in [3.8, 4) is 0 Å². The average molecular weight is 247 g/mol. The van der Waals surface area contributed by atoms with Crippen LogP contribution in [0.25, 0.3) is 0 Å². The molecule has 2 aromatic rings. The van der Waals surface area contributed by atoms with Gasteiger partial charge in [-0.05, 0) is 44.2 Å². The molecule has 18 heavy (non-hydrogen) atoms. The molecule has 0 fully saturated rings. The molecule has 0 saturated carbocycles. The molecule has 0 aliphatic rings. The first kappa shape index (κ1) is 12.4. The van der Waals surface area contributed by atoms with E-state index in [0.717, 1.165) is 0 Å². The van der Waals surface area contributed by atoms with E-state index in [-0.39, 0.29) is 11.7 Å². The molecular weight excluding hydrogens is 233 g/mol. The third-order valence-electron chi connectivity index (χ3n) is 2.79. The minimum absolute atomic E-state index is 0.143. The van der Waals surface area contributed by atoms with E-state index in [4.69, 9.17) is 4.42 Å². The normalized spacial score (nSPS) is 10.4. The number of furan rings is 1. The van der Waals surface area contributed by atoms with Crippen LogP contribution in [-0.2, 0) is 0 Å². The van der Waals surface area contributed by atoms with Gasteiger partial charge in [-0.2, -0.15) is 0 Å². The predicted molar refractivity (Wildman–Crippen MR) is 67.2 cm³/mol. The Kier molecular flexibility index (Phi) is 3.46. The van der Waals surface area contributed by atoms with Crippen molar-refractivity contribution in [3.05, 3.63) is 53.7 Å². The van der Waals surface area contributed by atoms with Crippen molar-refractivity contribution in [1.82, 2.24) is 0 Å². The SMILES string of the molecule is CCN(C(=O)c1ccoc1C)c1ccc(F)cc1. The maximum atomic E-state index is 12.9. The number of carbonyl (C=O) groups is 1. The summed E-state index contributed by atoms with van der Waals surface area (Å²) in [5.74, 6) is 0.123. The van der Waals surface area contributed by atoms with Gasteiger partial charge in [0.05, 0.1) is 11.8 Å². The van der Waals surface area contributed by atoms with Crippen LogP contribution in [-0.4, -0.2) is 12.5 Å². The topological polar surface area (TPSA) is 33.5 Å². The van der Waals surface area contributed by atoms with E-state index >= 15 is 0 Å². The largest absolute Gasteiger partial charge is 0.469 e.